The highest BCUT2D eigenvalue weighted by molar-refractivity contribution is 5.82. The summed E-state index contributed by atoms with van der Waals surface area (Å²) >= 11 is 0. The Morgan fingerprint density at radius 1 is 1.41 bits per heavy atom. The van der Waals surface area contributed by atoms with Crippen molar-refractivity contribution >= 4 is 5.91 Å². The van der Waals surface area contributed by atoms with E-state index in [9.17, 15) is 9.90 Å². The molecule has 2 aliphatic heterocycles. The molecule has 2 unspecified atom stereocenters. The van der Waals surface area contributed by atoms with Gasteiger partial charge in [-0.3, -0.25) is 4.79 Å². The first-order valence-electron chi connectivity index (χ1n) is 6.74. The summed E-state index contributed by atoms with van der Waals surface area (Å²) in [7, 11) is 0. The molecule has 1 amide bonds. The van der Waals surface area contributed by atoms with Crippen molar-refractivity contribution in [2.24, 2.45) is 5.92 Å². The zero-order valence-corrected chi connectivity index (χ0v) is 10.9. The minimum atomic E-state index is -0.581. The van der Waals surface area contributed by atoms with Crippen LogP contribution in [-0.2, 0) is 4.79 Å². The summed E-state index contributed by atoms with van der Waals surface area (Å²) < 4.78 is 0. The van der Waals surface area contributed by atoms with Crippen LogP contribution in [0.2, 0.25) is 0 Å². The molecule has 4 nitrogen and oxygen atoms in total. The maximum atomic E-state index is 12.4. The van der Waals surface area contributed by atoms with E-state index in [1.54, 1.807) is 0 Å². The quantitative estimate of drug-likeness (QED) is 0.711. The van der Waals surface area contributed by atoms with Crippen molar-refractivity contribution in [1.82, 2.24) is 10.2 Å². The minimum absolute atomic E-state index is 0.00759. The molecule has 4 heteroatoms. The molecule has 0 aromatic carbocycles. The highest BCUT2D eigenvalue weighted by atomic mass is 16.3. The molecule has 0 aliphatic carbocycles. The van der Waals surface area contributed by atoms with Crippen molar-refractivity contribution in [2.45, 2.75) is 51.2 Å². The highest BCUT2D eigenvalue weighted by Crippen LogP contribution is 2.24. The molecule has 98 valence electrons. The van der Waals surface area contributed by atoms with E-state index in [4.69, 9.17) is 0 Å². The summed E-state index contributed by atoms with van der Waals surface area (Å²) in [6.07, 6.45) is 3.69. The Morgan fingerprint density at radius 3 is 2.65 bits per heavy atom. The number of piperidine rings is 2. The third-order valence-electron chi connectivity index (χ3n) is 4.19. The first-order chi connectivity index (χ1) is 7.99. The second-order valence-electron chi connectivity index (χ2n) is 5.87. The molecule has 2 saturated heterocycles. The number of carbonyl (C=O) groups excluding carboxylic acids is 1. The number of hydrogen-bond donors (Lipinski definition) is 2. The standard InChI is InChI=1S/C13H24N2O2/c1-10-4-3-7-14-11(10)12(16)15-8-5-13(2,17)6-9-15/h10-11,14,17H,3-9H2,1-2H3. The fraction of sp³-hybridized carbons (Fsp3) is 0.923. The number of amides is 1. The van der Waals surface area contributed by atoms with Gasteiger partial charge in [-0.1, -0.05) is 6.92 Å². The van der Waals surface area contributed by atoms with Crippen molar-refractivity contribution in [1.29, 1.82) is 0 Å². The lowest BCUT2D eigenvalue weighted by Gasteiger charge is -2.39. The van der Waals surface area contributed by atoms with Gasteiger partial charge in [0.1, 0.15) is 0 Å². The smallest absolute Gasteiger partial charge is 0.239 e. The van der Waals surface area contributed by atoms with Crippen LogP contribution in [0.4, 0.5) is 0 Å². The Hall–Kier alpha value is -0.610. The molecule has 0 bridgehead atoms. The van der Waals surface area contributed by atoms with Gasteiger partial charge in [0.15, 0.2) is 0 Å². The van der Waals surface area contributed by atoms with E-state index >= 15 is 0 Å². The first-order valence-corrected chi connectivity index (χ1v) is 6.74. The number of aliphatic hydroxyl groups is 1. The lowest BCUT2D eigenvalue weighted by atomic mass is 9.89. The molecule has 2 aliphatic rings. The minimum Gasteiger partial charge on any atom is -0.390 e. The van der Waals surface area contributed by atoms with Crippen LogP contribution in [0.3, 0.4) is 0 Å². The molecular formula is C13H24N2O2. The van der Waals surface area contributed by atoms with Crippen molar-refractivity contribution in [3.63, 3.8) is 0 Å². The van der Waals surface area contributed by atoms with Crippen LogP contribution in [0, 0.1) is 5.92 Å². The van der Waals surface area contributed by atoms with Gasteiger partial charge in [-0.25, -0.2) is 0 Å². The van der Waals surface area contributed by atoms with Crippen LogP contribution in [0.5, 0.6) is 0 Å². The van der Waals surface area contributed by atoms with Crippen molar-refractivity contribution in [2.75, 3.05) is 19.6 Å². The van der Waals surface area contributed by atoms with Gasteiger partial charge in [0.05, 0.1) is 11.6 Å². The van der Waals surface area contributed by atoms with Crippen molar-refractivity contribution in [3.8, 4) is 0 Å². The summed E-state index contributed by atoms with van der Waals surface area (Å²) in [5.41, 5.74) is -0.581. The Bertz CT molecular complexity index is 281. The molecule has 2 rings (SSSR count). The molecule has 0 aromatic rings. The van der Waals surface area contributed by atoms with Crippen LogP contribution >= 0.6 is 0 Å². The Kier molecular flexibility index (Phi) is 3.73. The van der Waals surface area contributed by atoms with E-state index < -0.39 is 5.60 Å². The molecular weight excluding hydrogens is 216 g/mol. The van der Waals surface area contributed by atoms with Crippen molar-refractivity contribution < 1.29 is 9.90 Å². The highest BCUT2D eigenvalue weighted by Gasteiger charge is 2.35. The molecule has 0 aromatic heterocycles. The summed E-state index contributed by atoms with van der Waals surface area (Å²) in [5.74, 6) is 0.659. The summed E-state index contributed by atoms with van der Waals surface area (Å²) in [6, 6.07) is -0.00759. The Balaban J connectivity index is 1.92. The van der Waals surface area contributed by atoms with Crippen LogP contribution in [0.15, 0.2) is 0 Å². The summed E-state index contributed by atoms with van der Waals surface area (Å²) in [4.78, 5) is 14.3. The maximum Gasteiger partial charge on any atom is 0.239 e. The molecule has 2 N–H and O–H groups in total. The van der Waals surface area contributed by atoms with E-state index in [2.05, 4.69) is 12.2 Å². The topological polar surface area (TPSA) is 52.6 Å². The second-order valence-corrected chi connectivity index (χ2v) is 5.87. The van der Waals surface area contributed by atoms with E-state index in [0.29, 0.717) is 31.8 Å². The van der Waals surface area contributed by atoms with Gasteiger partial charge in [-0.15, -0.1) is 0 Å². The number of hydrogen-bond acceptors (Lipinski definition) is 3. The largest absolute Gasteiger partial charge is 0.390 e. The molecule has 2 heterocycles. The molecule has 0 radical (unpaired) electrons. The molecule has 0 spiro atoms. The average molecular weight is 240 g/mol. The Morgan fingerprint density at radius 2 is 2.06 bits per heavy atom. The zero-order chi connectivity index (χ0) is 12.5. The van der Waals surface area contributed by atoms with Gasteiger partial charge in [0, 0.05) is 13.1 Å². The fourth-order valence-corrected chi connectivity index (χ4v) is 2.79. The van der Waals surface area contributed by atoms with Crippen LogP contribution in [0.1, 0.15) is 39.5 Å². The van der Waals surface area contributed by atoms with Crippen LogP contribution in [0.25, 0.3) is 0 Å². The third-order valence-corrected chi connectivity index (χ3v) is 4.19. The fourth-order valence-electron chi connectivity index (χ4n) is 2.79. The molecule has 2 fully saturated rings. The summed E-state index contributed by atoms with van der Waals surface area (Å²) in [6.45, 7) is 6.34. The van der Waals surface area contributed by atoms with E-state index in [0.717, 1.165) is 13.0 Å². The number of likely N-dealkylation sites (tertiary alicyclic amines) is 1. The predicted octanol–water partition coefficient (Wildman–Crippen LogP) is 0.748. The molecule has 17 heavy (non-hydrogen) atoms. The summed E-state index contributed by atoms with van der Waals surface area (Å²) in [5, 5.41) is 13.2. The normalized spacial score (nSPS) is 33.5. The third kappa shape index (κ3) is 2.99. The monoisotopic (exact) mass is 240 g/mol. The van der Waals surface area contributed by atoms with E-state index in [1.165, 1.54) is 6.42 Å². The lowest BCUT2D eigenvalue weighted by Crippen LogP contribution is -2.55. The van der Waals surface area contributed by atoms with Gasteiger partial charge in [-0.2, -0.15) is 0 Å². The Labute approximate surface area is 103 Å². The number of nitrogens with zero attached hydrogens (tertiary/aromatic N) is 1. The van der Waals surface area contributed by atoms with Gasteiger partial charge < -0.3 is 15.3 Å². The van der Waals surface area contributed by atoms with Crippen LogP contribution < -0.4 is 5.32 Å². The first kappa shape index (κ1) is 12.8. The molecule has 2 atom stereocenters. The average Bonchev–Trinajstić information content (AvgIpc) is 2.29. The lowest BCUT2D eigenvalue weighted by molar-refractivity contribution is -0.139. The van der Waals surface area contributed by atoms with Gasteiger partial charge in [0.25, 0.3) is 0 Å². The maximum absolute atomic E-state index is 12.4. The van der Waals surface area contributed by atoms with Gasteiger partial charge >= 0.3 is 0 Å². The van der Waals surface area contributed by atoms with Gasteiger partial charge in [0.2, 0.25) is 5.91 Å². The van der Waals surface area contributed by atoms with Crippen molar-refractivity contribution in [3.05, 3.63) is 0 Å². The van der Waals surface area contributed by atoms with Gasteiger partial charge in [-0.05, 0) is 45.1 Å². The SMILES string of the molecule is CC1CCCNC1C(=O)N1CCC(C)(O)CC1. The molecule has 0 saturated carbocycles. The number of carbonyl (C=O) groups is 1. The zero-order valence-electron chi connectivity index (χ0n) is 10.9. The van der Waals surface area contributed by atoms with Crippen LogP contribution in [-0.4, -0.2) is 47.2 Å². The number of nitrogens with one attached hydrogen (secondary N) is 1. The second kappa shape index (κ2) is 4.94. The number of rotatable bonds is 1. The van der Waals surface area contributed by atoms with E-state index in [1.807, 2.05) is 11.8 Å². The predicted molar refractivity (Wildman–Crippen MR) is 66.6 cm³/mol. The van der Waals surface area contributed by atoms with E-state index in [-0.39, 0.29) is 11.9 Å².